The molecule has 1 N–H and O–H groups in total. The van der Waals surface area contributed by atoms with Gasteiger partial charge in [0.1, 0.15) is 16.9 Å². The Morgan fingerprint density at radius 1 is 1.03 bits per heavy atom. The van der Waals surface area contributed by atoms with Crippen LogP contribution in [0.1, 0.15) is 54.2 Å². The summed E-state index contributed by atoms with van der Waals surface area (Å²) in [5.74, 6) is -0.948. The molecule has 2 aliphatic heterocycles. The maximum atomic E-state index is 13.8. The number of carbonyl (C=O) groups is 2. The standard InChI is InChI=1S/C31H24ClNO5/c1-30(2)16-31(3,18-8-10-19(32)11-9-18)24-6-4-5-21-22(28(36)33(30)27(21)24)15-25(35)23-13-17-7-12-20(34)14-26(17)38-29(23)37/h4-15,34H,16H2,1-3H3. The van der Waals surface area contributed by atoms with Crippen LogP contribution in [-0.4, -0.2) is 22.3 Å². The number of allylic oxidation sites excluding steroid dienone is 1. The smallest absolute Gasteiger partial charge is 0.347 e. The van der Waals surface area contributed by atoms with Crippen molar-refractivity contribution in [1.29, 1.82) is 0 Å². The molecule has 7 heteroatoms. The Hall–Kier alpha value is -4.16. The third-order valence-corrected chi connectivity index (χ3v) is 7.96. The maximum Gasteiger partial charge on any atom is 0.347 e. The monoisotopic (exact) mass is 525 g/mol. The normalized spacial score (nSPS) is 20.7. The molecule has 0 bridgehead atoms. The van der Waals surface area contributed by atoms with E-state index in [0.29, 0.717) is 22.4 Å². The van der Waals surface area contributed by atoms with Crippen LogP contribution in [0.4, 0.5) is 5.69 Å². The minimum atomic E-state index is -0.832. The first-order valence-corrected chi connectivity index (χ1v) is 12.6. The fraction of sp³-hybridized carbons (Fsp3) is 0.194. The van der Waals surface area contributed by atoms with Gasteiger partial charge in [-0.2, -0.15) is 0 Å². The predicted molar refractivity (Wildman–Crippen MR) is 147 cm³/mol. The highest BCUT2D eigenvalue weighted by Crippen LogP contribution is 2.56. The number of phenols is 1. The molecule has 0 aliphatic carbocycles. The van der Waals surface area contributed by atoms with Crippen molar-refractivity contribution in [2.75, 3.05) is 4.90 Å². The summed E-state index contributed by atoms with van der Waals surface area (Å²) >= 11 is 6.17. The van der Waals surface area contributed by atoms with Crippen LogP contribution in [0.2, 0.25) is 5.02 Å². The summed E-state index contributed by atoms with van der Waals surface area (Å²) in [4.78, 5) is 41.6. The van der Waals surface area contributed by atoms with Crippen LogP contribution >= 0.6 is 11.6 Å². The average molecular weight is 526 g/mol. The maximum absolute atomic E-state index is 13.8. The zero-order valence-corrected chi connectivity index (χ0v) is 21.8. The number of benzene rings is 3. The fourth-order valence-electron chi connectivity index (χ4n) is 6.10. The third-order valence-electron chi connectivity index (χ3n) is 7.71. The number of fused-ring (bicyclic) bond motifs is 1. The van der Waals surface area contributed by atoms with Crippen LogP contribution in [0.15, 0.2) is 82.0 Å². The summed E-state index contributed by atoms with van der Waals surface area (Å²) in [6, 6.07) is 19.3. The number of halogens is 1. The van der Waals surface area contributed by atoms with Crippen molar-refractivity contribution in [1.82, 2.24) is 0 Å². The van der Waals surface area contributed by atoms with E-state index in [2.05, 4.69) is 6.92 Å². The van der Waals surface area contributed by atoms with Gasteiger partial charge in [0.15, 0.2) is 5.78 Å². The molecule has 3 heterocycles. The molecule has 4 aromatic rings. The molecule has 0 fully saturated rings. The van der Waals surface area contributed by atoms with Gasteiger partial charge < -0.3 is 14.4 Å². The lowest BCUT2D eigenvalue weighted by Gasteiger charge is -2.49. The second-order valence-corrected chi connectivity index (χ2v) is 11.2. The molecule has 6 rings (SSSR count). The van der Waals surface area contributed by atoms with Crippen LogP contribution < -0.4 is 10.5 Å². The molecule has 0 saturated heterocycles. The van der Waals surface area contributed by atoms with E-state index in [1.165, 1.54) is 24.3 Å². The number of amides is 1. The van der Waals surface area contributed by atoms with Gasteiger partial charge >= 0.3 is 5.63 Å². The Morgan fingerprint density at radius 2 is 1.76 bits per heavy atom. The topological polar surface area (TPSA) is 87.8 Å². The molecular formula is C31H24ClNO5. The molecule has 1 amide bonds. The summed E-state index contributed by atoms with van der Waals surface area (Å²) in [7, 11) is 0. The Bertz CT molecular complexity index is 1770. The zero-order chi connectivity index (χ0) is 27.0. The van der Waals surface area contributed by atoms with Crippen molar-refractivity contribution in [3.63, 3.8) is 0 Å². The molecule has 0 saturated carbocycles. The second-order valence-electron chi connectivity index (χ2n) is 10.8. The second kappa shape index (κ2) is 8.17. The molecule has 1 atom stereocenters. The van der Waals surface area contributed by atoms with Gasteiger partial charge in [-0.05, 0) is 67.8 Å². The van der Waals surface area contributed by atoms with Crippen molar-refractivity contribution < 1.29 is 19.1 Å². The number of rotatable bonds is 3. The van der Waals surface area contributed by atoms with E-state index in [9.17, 15) is 19.5 Å². The first-order valence-electron chi connectivity index (χ1n) is 12.3. The summed E-state index contributed by atoms with van der Waals surface area (Å²) in [5.41, 5.74) is 1.96. The molecule has 38 heavy (non-hydrogen) atoms. The SMILES string of the molecule is CC1(c2ccc(Cl)cc2)CC(C)(C)N2C(=O)C(=CC(=O)c3cc4ccc(O)cc4oc3=O)c3cccc1c32. The largest absolute Gasteiger partial charge is 0.508 e. The van der Waals surface area contributed by atoms with Gasteiger partial charge in [0.05, 0.1) is 11.3 Å². The zero-order valence-electron chi connectivity index (χ0n) is 21.0. The van der Waals surface area contributed by atoms with Gasteiger partial charge in [-0.1, -0.05) is 48.9 Å². The van der Waals surface area contributed by atoms with Crippen LogP contribution in [0, 0.1) is 0 Å². The van der Waals surface area contributed by atoms with Gasteiger partial charge in [-0.3, -0.25) is 9.59 Å². The quantitative estimate of drug-likeness (QED) is 0.194. The van der Waals surface area contributed by atoms with Crippen LogP contribution in [-0.2, 0) is 10.2 Å². The molecule has 190 valence electrons. The van der Waals surface area contributed by atoms with Crippen molar-refractivity contribution in [3.8, 4) is 5.75 Å². The Kier molecular flexibility index (Phi) is 5.20. The highest BCUT2D eigenvalue weighted by atomic mass is 35.5. The van der Waals surface area contributed by atoms with Gasteiger partial charge in [0.25, 0.3) is 5.91 Å². The van der Waals surface area contributed by atoms with Crippen molar-refractivity contribution >= 4 is 45.5 Å². The Balaban J connectivity index is 1.51. The summed E-state index contributed by atoms with van der Waals surface area (Å²) < 4.78 is 5.27. The minimum absolute atomic E-state index is 0.0513. The molecule has 0 spiro atoms. The highest BCUT2D eigenvalue weighted by Gasteiger charge is 2.52. The first kappa shape index (κ1) is 24.2. The van der Waals surface area contributed by atoms with Crippen LogP contribution in [0.5, 0.6) is 5.75 Å². The predicted octanol–water partition coefficient (Wildman–Crippen LogP) is 6.25. The van der Waals surface area contributed by atoms with Gasteiger partial charge in [-0.25, -0.2) is 4.79 Å². The van der Waals surface area contributed by atoms with E-state index in [1.807, 2.05) is 56.3 Å². The third kappa shape index (κ3) is 3.51. The molecule has 1 unspecified atom stereocenters. The summed E-state index contributed by atoms with van der Waals surface area (Å²) in [5, 5.41) is 10.8. The average Bonchev–Trinajstić information content (AvgIpc) is 3.14. The number of hydrogen-bond acceptors (Lipinski definition) is 5. The van der Waals surface area contributed by atoms with E-state index in [0.717, 1.165) is 16.8 Å². The molecule has 2 aliphatic rings. The minimum Gasteiger partial charge on any atom is -0.508 e. The molecule has 3 aromatic carbocycles. The molecule has 1 aromatic heterocycles. The Labute approximate surface area is 223 Å². The van der Waals surface area contributed by atoms with Crippen molar-refractivity contribution in [2.45, 2.75) is 38.1 Å². The number of carbonyl (C=O) groups excluding carboxylic acids is 2. The molecule has 6 nitrogen and oxygen atoms in total. The van der Waals surface area contributed by atoms with Gasteiger partial charge in [0.2, 0.25) is 0 Å². The summed E-state index contributed by atoms with van der Waals surface area (Å²) in [6.07, 6.45) is 1.90. The molecule has 0 radical (unpaired) electrons. The number of nitrogens with zero attached hydrogens (tertiary/aromatic N) is 1. The van der Waals surface area contributed by atoms with E-state index < -0.39 is 22.4 Å². The highest BCUT2D eigenvalue weighted by molar-refractivity contribution is 6.37. The van der Waals surface area contributed by atoms with E-state index >= 15 is 0 Å². The van der Waals surface area contributed by atoms with E-state index in [-0.39, 0.29) is 28.4 Å². The summed E-state index contributed by atoms with van der Waals surface area (Å²) in [6.45, 7) is 6.22. The lowest BCUT2D eigenvalue weighted by Crippen LogP contribution is -2.54. The van der Waals surface area contributed by atoms with Crippen LogP contribution in [0.25, 0.3) is 16.5 Å². The molecular weight excluding hydrogens is 502 g/mol. The number of para-hydroxylation sites is 1. The number of anilines is 1. The number of phenolic OH excluding ortho intramolecular Hbond substituents is 1. The number of hydrogen-bond donors (Lipinski definition) is 1. The fourth-order valence-corrected chi connectivity index (χ4v) is 6.22. The van der Waals surface area contributed by atoms with Gasteiger partial charge in [-0.15, -0.1) is 0 Å². The van der Waals surface area contributed by atoms with E-state index in [1.54, 1.807) is 11.0 Å². The van der Waals surface area contributed by atoms with Crippen molar-refractivity contribution in [3.05, 3.63) is 111 Å². The van der Waals surface area contributed by atoms with Crippen molar-refractivity contribution in [2.24, 2.45) is 0 Å². The van der Waals surface area contributed by atoms with E-state index in [4.69, 9.17) is 16.0 Å². The lowest BCUT2D eigenvalue weighted by atomic mass is 9.65. The van der Waals surface area contributed by atoms with Gasteiger partial charge in [0, 0.05) is 33.0 Å². The Morgan fingerprint density at radius 3 is 2.50 bits per heavy atom. The number of aromatic hydroxyl groups is 1. The number of ketones is 1. The lowest BCUT2D eigenvalue weighted by molar-refractivity contribution is -0.114. The first-order chi connectivity index (χ1) is 18.0. The van der Waals surface area contributed by atoms with Crippen LogP contribution in [0.3, 0.4) is 0 Å².